The maximum absolute atomic E-state index is 11.1. The van der Waals surface area contributed by atoms with Gasteiger partial charge in [0.1, 0.15) is 4.90 Å². The van der Waals surface area contributed by atoms with E-state index in [2.05, 4.69) is 11.2 Å². The van der Waals surface area contributed by atoms with Gasteiger partial charge in [-0.3, -0.25) is 20.2 Å². The molecule has 0 heterocycles. The van der Waals surface area contributed by atoms with Crippen molar-refractivity contribution >= 4 is 31.3 Å². The van der Waals surface area contributed by atoms with Crippen LogP contribution in [-0.2, 0) is 20.0 Å². The zero-order valence-corrected chi connectivity index (χ0v) is 9.06. The van der Waals surface area contributed by atoms with E-state index in [-0.39, 0.29) is 0 Å². The van der Waals surface area contributed by atoms with E-state index in [0.717, 1.165) is 12.1 Å². The number of non-ortho nitro benzene ring substituents is 1. The van der Waals surface area contributed by atoms with Crippen molar-refractivity contribution in [3.05, 3.63) is 38.4 Å². The molecular formula is C6H4N2O6S2. The Morgan fingerprint density at radius 1 is 1.25 bits per heavy atom. The lowest BCUT2D eigenvalue weighted by atomic mass is 10.3. The number of nitrogens with zero attached hydrogens (tertiary/aromatic N) is 2. The molecule has 0 bridgehead atoms. The topological polar surface area (TPSA) is 124 Å². The van der Waals surface area contributed by atoms with Crippen molar-refractivity contribution in [2.75, 3.05) is 0 Å². The summed E-state index contributed by atoms with van der Waals surface area (Å²) in [4.78, 5) is 18.4. The minimum Gasteiger partial charge on any atom is -0.302 e. The maximum Gasteiger partial charge on any atom is 0.294 e. The lowest BCUT2D eigenvalue weighted by Crippen LogP contribution is -2.03. The van der Waals surface area contributed by atoms with Gasteiger partial charge >= 0.3 is 0 Å². The largest absolute Gasteiger partial charge is 0.302 e. The highest BCUT2D eigenvalue weighted by Gasteiger charge is 2.24. The molecule has 0 aliphatic heterocycles. The molecular weight excluding hydrogens is 260 g/mol. The van der Waals surface area contributed by atoms with E-state index in [9.17, 15) is 24.4 Å². The molecule has 0 fully saturated rings. The first kappa shape index (κ1) is 12.4. The van der Waals surface area contributed by atoms with E-state index in [1.54, 1.807) is 0 Å². The molecule has 0 radical (unpaired) electrons. The molecule has 1 N–H and O–H groups in total. The Balaban J connectivity index is 3.55. The lowest BCUT2D eigenvalue weighted by molar-refractivity contribution is -0.396. The van der Waals surface area contributed by atoms with Gasteiger partial charge in [-0.25, -0.2) is 4.21 Å². The lowest BCUT2D eigenvalue weighted by Gasteiger charge is -2.00. The van der Waals surface area contributed by atoms with Crippen molar-refractivity contribution in [2.45, 2.75) is 4.90 Å². The van der Waals surface area contributed by atoms with Crippen molar-refractivity contribution in [1.82, 2.24) is 0 Å². The maximum atomic E-state index is 11.1. The quantitative estimate of drug-likeness (QED) is 0.639. The van der Waals surface area contributed by atoms with Gasteiger partial charge in [0.25, 0.3) is 11.4 Å². The van der Waals surface area contributed by atoms with Gasteiger partial charge in [0.05, 0.1) is 15.9 Å². The van der Waals surface area contributed by atoms with Crippen LogP contribution < -0.4 is 0 Å². The Labute approximate surface area is 93.7 Å². The highest BCUT2D eigenvalue weighted by atomic mass is 32.8. The van der Waals surface area contributed by atoms with Crippen molar-refractivity contribution in [1.29, 1.82) is 0 Å². The number of nitro groups is 2. The van der Waals surface area contributed by atoms with Gasteiger partial charge in [-0.2, -0.15) is 0 Å². The zero-order chi connectivity index (χ0) is 12.5. The number of benzene rings is 1. The number of hydrogen-bond acceptors (Lipinski definition) is 6. The fourth-order valence-corrected chi connectivity index (χ4v) is 2.04. The van der Waals surface area contributed by atoms with Crippen molar-refractivity contribution in [3.8, 4) is 0 Å². The van der Waals surface area contributed by atoms with E-state index in [0.29, 0.717) is 6.07 Å². The Morgan fingerprint density at radius 2 is 1.81 bits per heavy atom. The molecule has 1 atom stereocenters. The molecule has 0 spiro atoms. The van der Waals surface area contributed by atoms with Crippen LogP contribution in [0.15, 0.2) is 23.1 Å². The first-order valence-corrected chi connectivity index (χ1v) is 6.08. The summed E-state index contributed by atoms with van der Waals surface area (Å²) in [5.41, 5.74) is -1.38. The third kappa shape index (κ3) is 2.48. The Hall–Kier alpha value is -1.65. The Bertz CT molecular complexity index is 566. The van der Waals surface area contributed by atoms with Crippen molar-refractivity contribution in [2.24, 2.45) is 0 Å². The third-order valence-electron chi connectivity index (χ3n) is 1.63. The predicted octanol–water partition coefficient (Wildman–Crippen LogP) is 1.08. The summed E-state index contributed by atoms with van der Waals surface area (Å²) in [5.74, 6) is 0. The highest BCUT2D eigenvalue weighted by Crippen LogP contribution is 2.28. The second kappa shape index (κ2) is 4.08. The van der Waals surface area contributed by atoms with Crippen molar-refractivity contribution < 1.29 is 18.6 Å². The van der Waals surface area contributed by atoms with Gasteiger partial charge in [-0.05, 0) is 6.07 Å². The molecule has 1 unspecified atom stereocenters. The molecule has 0 aliphatic carbocycles. The van der Waals surface area contributed by atoms with Crippen LogP contribution in [0.1, 0.15) is 0 Å². The summed E-state index contributed by atoms with van der Waals surface area (Å²) < 4.78 is 20.1. The predicted molar refractivity (Wildman–Crippen MR) is 56.2 cm³/mol. The van der Waals surface area contributed by atoms with Crippen LogP contribution in [0.5, 0.6) is 0 Å². The van der Waals surface area contributed by atoms with Crippen LogP contribution in [0.25, 0.3) is 0 Å². The molecule has 0 saturated heterocycles. The van der Waals surface area contributed by atoms with Gasteiger partial charge in [0.2, 0.25) is 0 Å². The molecule has 8 nitrogen and oxygen atoms in total. The van der Waals surface area contributed by atoms with E-state index in [4.69, 9.17) is 4.55 Å². The first-order valence-electron chi connectivity index (χ1n) is 3.64. The minimum atomic E-state index is -3.95. The minimum absolute atomic E-state index is 0.547. The van der Waals surface area contributed by atoms with Crippen molar-refractivity contribution in [3.63, 3.8) is 0 Å². The molecule has 0 amide bonds. The van der Waals surface area contributed by atoms with Crippen LogP contribution >= 0.6 is 0 Å². The summed E-state index contributed by atoms with van der Waals surface area (Å²) in [6.07, 6.45) is 0. The monoisotopic (exact) mass is 264 g/mol. The molecule has 1 rings (SSSR count). The molecule has 10 heteroatoms. The normalized spacial score (nSPS) is 14.1. The fraction of sp³-hybridized carbons (Fsp3) is 0. The first-order chi connectivity index (χ1) is 7.23. The number of rotatable bonds is 3. The zero-order valence-electron chi connectivity index (χ0n) is 7.43. The van der Waals surface area contributed by atoms with Crippen LogP contribution in [0.3, 0.4) is 0 Å². The molecule has 1 aromatic rings. The fourth-order valence-electron chi connectivity index (χ4n) is 0.980. The van der Waals surface area contributed by atoms with E-state index in [1.807, 2.05) is 0 Å². The Morgan fingerprint density at radius 3 is 2.19 bits per heavy atom. The summed E-state index contributed by atoms with van der Waals surface area (Å²) in [7, 11) is -3.95. The standard InChI is InChI=1S/C6H4N2O6S2/c9-7(10)4-1-2-6(16(13,14)15)5(3-4)8(11)12/h1-3H,(H,13,14,15). The van der Waals surface area contributed by atoms with Crippen LogP contribution in [-0.4, -0.2) is 18.6 Å². The average molecular weight is 264 g/mol. The molecule has 86 valence electrons. The summed E-state index contributed by atoms with van der Waals surface area (Å²) in [5, 5.41) is 20.9. The third-order valence-corrected chi connectivity index (χ3v) is 3.07. The Kier molecular flexibility index (Phi) is 3.16. The second-order valence-corrected chi connectivity index (χ2v) is 5.39. The highest BCUT2D eigenvalue weighted by molar-refractivity contribution is 8.29. The van der Waals surface area contributed by atoms with Gasteiger partial charge in [0.15, 0.2) is 8.77 Å². The SMILES string of the molecule is O=[N+]([O-])c1ccc(S(=O)(O)=S)c([N+](=O)[O-])c1. The molecule has 1 aromatic carbocycles. The van der Waals surface area contributed by atoms with E-state index >= 15 is 0 Å². The van der Waals surface area contributed by atoms with Gasteiger partial charge in [-0.15, -0.1) is 0 Å². The van der Waals surface area contributed by atoms with E-state index < -0.39 is 34.9 Å². The summed E-state index contributed by atoms with van der Waals surface area (Å²) >= 11 is 4.18. The molecule has 0 saturated carbocycles. The number of nitro benzene ring substituents is 2. The van der Waals surface area contributed by atoms with Gasteiger partial charge in [0, 0.05) is 17.3 Å². The van der Waals surface area contributed by atoms with Gasteiger partial charge in [-0.1, -0.05) is 0 Å². The van der Waals surface area contributed by atoms with E-state index in [1.165, 1.54) is 0 Å². The molecule has 0 aliphatic rings. The number of hydrogen-bond donors (Lipinski definition) is 1. The second-order valence-electron chi connectivity index (χ2n) is 2.64. The summed E-state index contributed by atoms with van der Waals surface area (Å²) in [6, 6.07) is 2.29. The van der Waals surface area contributed by atoms with Crippen LogP contribution in [0.4, 0.5) is 11.4 Å². The van der Waals surface area contributed by atoms with Gasteiger partial charge < -0.3 is 4.55 Å². The smallest absolute Gasteiger partial charge is 0.294 e. The average Bonchev–Trinajstić information content (AvgIpc) is 2.15. The molecule has 16 heavy (non-hydrogen) atoms. The summed E-state index contributed by atoms with van der Waals surface area (Å²) in [6.45, 7) is 0. The molecule has 0 aromatic heterocycles. The van der Waals surface area contributed by atoms with Crippen LogP contribution in [0.2, 0.25) is 0 Å². The van der Waals surface area contributed by atoms with Crippen LogP contribution in [0, 0.1) is 20.2 Å².